The Morgan fingerprint density at radius 3 is 2.38 bits per heavy atom. The lowest BCUT2D eigenvalue weighted by molar-refractivity contribution is 0.423. The van der Waals surface area contributed by atoms with Crippen LogP contribution in [0, 0.1) is 5.82 Å². The maximum absolute atomic E-state index is 13.1. The molecule has 1 aromatic carbocycles. The monoisotopic (exact) mass is 286 g/mol. The van der Waals surface area contributed by atoms with Crippen LogP contribution >= 0.6 is 39.1 Å². The molecule has 0 bridgehead atoms. The average molecular weight is 288 g/mol. The standard InChI is InChI=1S/C6H3BBrCl2FO2/c8-2-1-3(9)6(11)4(5(2)10)7(12)13/h1,12-13H. The zero-order chi connectivity index (χ0) is 10.2. The van der Waals surface area contributed by atoms with Crippen LogP contribution in [0.15, 0.2) is 10.5 Å². The molecule has 2 N–H and O–H groups in total. The summed E-state index contributed by atoms with van der Waals surface area (Å²) in [6.45, 7) is 0. The molecule has 0 aromatic heterocycles. The van der Waals surface area contributed by atoms with Crippen molar-refractivity contribution in [2.75, 3.05) is 0 Å². The van der Waals surface area contributed by atoms with Gasteiger partial charge in [-0.1, -0.05) is 23.2 Å². The van der Waals surface area contributed by atoms with E-state index in [1.54, 1.807) is 0 Å². The first-order valence-corrected chi connectivity index (χ1v) is 4.69. The van der Waals surface area contributed by atoms with Crippen molar-refractivity contribution < 1.29 is 14.4 Å². The van der Waals surface area contributed by atoms with Crippen molar-refractivity contribution >= 4 is 51.7 Å². The first kappa shape index (κ1) is 11.3. The predicted octanol–water partition coefficient (Wildman–Crippen LogP) is 1.57. The highest BCUT2D eigenvalue weighted by atomic mass is 79.9. The molecule has 7 heteroatoms. The summed E-state index contributed by atoms with van der Waals surface area (Å²) in [5, 5.41) is 17.2. The Balaban J connectivity index is 3.46. The van der Waals surface area contributed by atoms with Gasteiger partial charge < -0.3 is 10.0 Å². The van der Waals surface area contributed by atoms with Crippen molar-refractivity contribution in [1.29, 1.82) is 0 Å². The Labute approximate surface area is 92.6 Å². The third-order valence-corrected chi connectivity index (χ3v) is 2.94. The van der Waals surface area contributed by atoms with E-state index in [4.69, 9.17) is 33.2 Å². The fraction of sp³-hybridized carbons (Fsp3) is 0. The van der Waals surface area contributed by atoms with E-state index in [2.05, 4.69) is 15.9 Å². The highest BCUT2D eigenvalue weighted by Gasteiger charge is 2.24. The molecule has 0 saturated heterocycles. The second-order valence-corrected chi connectivity index (χ2v) is 3.90. The molecule has 0 amide bonds. The SMILES string of the molecule is OB(O)c1c(F)c(Cl)cc(Br)c1Cl. The minimum atomic E-state index is -1.98. The molecule has 70 valence electrons. The Hall–Kier alpha value is 0.195. The number of benzene rings is 1. The minimum Gasteiger partial charge on any atom is -0.423 e. The molecule has 0 aliphatic heterocycles. The average Bonchev–Trinajstić information content (AvgIpc) is 2.01. The van der Waals surface area contributed by atoms with Crippen molar-refractivity contribution in [3.05, 3.63) is 26.4 Å². The molecular formula is C6H3BBrCl2FO2. The van der Waals surface area contributed by atoms with Crippen LogP contribution in [0.3, 0.4) is 0 Å². The number of hydrogen-bond acceptors (Lipinski definition) is 2. The van der Waals surface area contributed by atoms with Crippen LogP contribution in [0.4, 0.5) is 4.39 Å². The lowest BCUT2D eigenvalue weighted by atomic mass is 9.80. The molecule has 0 unspecified atom stereocenters. The molecule has 0 aliphatic carbocycles. The van der Waals surface area contributed by atoms with Gasteiger partial charge in [0.15, 0.2) is 0 Å². The van der Waals surface area contributed by atoms with Crippen molar-refractivity contribution in [2.45, 2.75) is 0 Å². The highest BCUT2D eigenvalue weighted by molar-refractivity contribution is 9.10. The van der Waals surface area contributed by atoms with Gasteiger partial charge in [0, 0.05) is 9.94 Å². The Kier molecular flexibility index (Phi) is 3.60. The summed E-state index contributed by atoms with van der Waals surface area (Å²) in [4.78, 5) is 0. The fourth-order valence-corrected chi connectivity index (χ4v) is 1.84. The van der Waals surface area contributed by atoms with Crippen LogP contribution < -0.4 is 5.46 Å². The summed E-state index contributed by atoms with van der Waals surface area (Å²) >= 11 is 14.0. The van der Waals surface area contributed by atoms with E-state index in [1.165, 1.54) is 6.07 Å². The van der Waals surface area contributed by atoms with Gasteiger partial charge in [0.25, 0.3) is 0 Å². The molecule has 0 heterocycles. The summed E-state index contributed by atoms with van der Waals surface area (Å²) in [5.41, 5.74) is -0.430. The van der Waals surface area contributed by atoms with E-state index in [0.717, 1.165) is 0 Å². The molecule has 0 aliphatic rings. The summed E-state index contributed by atoms with van der Waals surface area (Å²) in [7, 11) is -1.98. The molecule has 0 radical (unpaired) electrons. The van der Waals surface area contributed by atoms with Crippen LogP contribution in [0.5, 0.6) is 0 Å². The normalized spacial score (nSPS) is 10.3. The second kappa shape index (κ2) is 4.15. The van der Waals surface area contributed by atoms with Crippen LogP contribution in [0.2, 0.25) is 10.0 Å². The van der Waals surface area contributed by atoms with Crippen LogP contribution in [0.25, 0.3) is 0 Å². The van der Waals surface area contributed by atoms with E-state index in [9.17, 15) is 4.39 Å². The Morgan fingerprint density at radius 2 is 1.92 bits per heavy atom. The molecule has 2 nitrogen and oxygen atoms in total. The summed E-state index contributed by atoms with van der Waals surface area (Å²) in [6.07, 6.45) is 0. The van der Waals surface area contributed by atoms with E-state index in [0.29, 0.717) is 4.47 Å². The summed E-state index contributed by atoms with van der Waals surface area (Å²) in [6, 6.07) is 1.24. The highest BCUT2D eigenvalue weighted by Crippen LogP contribution is 2.26. The van der Waals surface area contributed by atoms with Crippen LogP contribution in [-0.2, 0) is 0 Å². The second-order valence-electron chi connectivity index (χ2n) is 2.26. The molecule has 0 spiro atoms. The third-order valence-electron chi connectivity index (χ3n) is 1.40. The van der Waals surface area contributed by atoms with Gasteiger partial charge in [-0.3, -0.25) is 0 Å². The number of rotatable bonds is 1. The van der Waals surface area contributed by atoms with Crippen molar-refractivity contribution in [1.82, 2.24) is 0 Å². The maximum atomic E-state index is 13.1. The van der Waals surface area contributed by atoms with Gasteiger partial charge >= 0.3 is 7.12 Å². The van der Waals surface area contributed by atoms with Gasteiger partial charge in [-0.15, -0.1) is 0 Å². The van der Waals surface area contributed by atoms with Crippen molar-refractivity contribution in [3.63, 3.8) is 0 Å². The van der Waals surface area contributed by atoms with Crippen molar-refractivity contribution in [3.8, 4) is 0 Å². The summed E-state index contributed by atoms with van der Waals surface area (Å²) in [5.74, 6) is -0.926. The van der Waals surface area contributed by atoms with Gasteiger partial charge in [-0.2, -0.15) is 0 Å². The van der Waals surface area contributed by atoms with Gasteiger partial charge in [0.2, 0.25) is 0 Å². The van der Waals surface area contributed by atoms with Gasteiger partial charge in [-0.05, 0) is 22.0 Å². The zero-order valence-electron chi connectivity index (χ0n) is 6.06. The van der Waals surface area contributed by atoms with E-state index < -0.39 is 18.4 Å². The van der Waals surface area contributed by atoms with E-state index in [1.807, 2.05) is 0 Å². The first-order chi connectivity index (χ1) is 5.95. The summed E-state index contributed by atoms with van der Waals surface area (Å²) < 4.78 is 13.4. The molecule has 0 atom stereocenters. The molecule has 1 aromatic rings. The third kappa shape index (κ3) is 2.17. The topological polar surface area (TPSA) is 40.5 Å². The van der Waals surface area contributed by atoms with Crippen LogP contribution in [-0.4, -0.2) is 17.2 Å². The lowest BCUT2D eigenvalue weighted by Crippen LogP contribution is -2.34. The van der Waals surface area contributed by atoms with Crippen molar-refractivity contribution in [2.24, 2.45) is 0 Å². The minimum absolute atomic E-state index is 0.100. The molecular weight excluding hydrogens is 285 g/mol. The fourth-order valence-electron chi connectivity index (χ4n) is 0.818. The zero-order valence-corrected chi connectivity index (χ0v) is 9.16. The molecule has 0 fully saturated rings. The Morgan fingerprint density at radius 1 is 1.38 bits per heavy atom. The van der Waals surface area contributed by atoms with Gasteiger partial charge in [0.1, 0.15) is 5.82 Å². The maximum Gasteiger partial charge on any atom is 0.493 e. The predicted molar refractivity (Wildman–Crippen MR) is 53.9 cm³/mol. The molecule has 0 saturated carbocycles. The number of halogens is 4. The lowest BCUT2D eigenvalue weighted by Gasteiger charge is -2.07. The molecule has 1 rings (SSSR count). The molecule has 13 heavy (non-hydrogen) atoms. The smallest absolute Gasteiger partial charge is 0.423 e. The quantitative estimate of drug-likeness (QED) is 0.608. The Bertz CT molecular complexity index is 322. The van der Waals surface area contributed by atoms with Crippen LogP contribution in [0.1, 0.15) is 0 Å². The van der Waals surface area contributed by atoms with E-state index in [-0.39, 0.29) is 10.0 Å². The van der Waals surface area contributed by atoms with Gasteiger partial charge in [0.05, 0.1) is 10.0 Å². The van der Waals surface area contributed by atoms with E-state index >= 15 is 0 Å². The first-order valence-electron chi connectivity index (χ1n) is 3.14. The largest absolute Gasteiger partial charge is 0.493 e. The number of hydrogen-bond donors (Lipinski definition) is 2. The van der Waals surface area contributed by atoms with Gasteiger partial charge in [-0.25, -0.2) is 4.39 Å².